The molecule has 0 radical (unpaired) electrons. The molecule has 1 saturated carbocycles. The van der Waals surface area contributed by atoms with Crippen molar-refractivity contribution < 1.29 is 4.79 Å². The summed E-state index contributed by atoms with van der Waals surface area (Å²) in [6.45, 7) is 6.37. The van der Waals surface area contributed by atoms with Gasteiger partial charge in [-0.05, 0) is 55.8 Å². The molecule has 0 aromatic heterocycles. The average molecular weight is 286 g/mol. The third kappa shape index (κ3) is 2.71. The minimum absolute atomic E-state index is 0.157. The van der Waals surface area contributed by atoms with E-state index >= 15 is 0 Å². The van der Waals surface area contributed by atoms with E-state index < -0.39 is 5.41 Å². The molecule has 1 aromatic carbocycles. The van der Waals surface area contributed by atoms with Crippen molar-refractivity contribution >= 4 is 5.91 Å². The van der Waals surface area contributed by atoms with Crippen LogP contribution in [0.5, 0.6) is 0 Å². The zero-order valence-electron chi connectivity index (χ0n) is 13.1. The standard InChI is InChI=1S/C18H26N2O/c1-13(2)14-3-5-15(6-4-14)18(17(19)21)9-11-20(12-10-18)16-7-8-16/h3-6,13,16H,7-12H2,1-2H3,(H2,19,21). The Morgan fingerprint density at radius 2 is 1.76 bits per heavy atom. The average Bonchev–Trinajstić information content (AvgIpc) is 3.32. The molecule has 1 saturated heterocycles. The van der Waals surface area contributed by atoms with Crippen molar-refractivity contribution in [2.45, 2.75) is 56.9 Å². The zero-order chi connectivity index (χ0) is 15.0. The number of primary amides is 1. The van der Waals surface area contributed by atoms with Gasteiger partial charge in [0.15, 0.2) is 0 Å². The fourth-order valence-electron chi connectivity index (χ4n) is 3.57. The highest BCUT2D eigenvalue weighted by Gasteiger charge is 2.43. The van der Waals surface area contributed by atoms with Gasteiger partial charge in [-0.15, -0.1) is 0 Å². The highest BCUT2D eigenvalue weighted by molar-refractivity contribution is 5.87. The lowest BCUT2D eigenvalue weighted by molar-refractivity contribution is -0.125. The number of carbonyl (C=O) groups excluding carboxylic acids is 1. The Kier molecular flexibility index (Phi) is 3.78. The van der Waals surface area contributed by atoms with Gasteiger partial charge < -0.3 is 10.6 Å². The second kappa shape index (κ2) is 5.45. The fraction of sp³-hybridized carbons (Fsp3) is 0.611. The number of likely N-dealkylation sites (tertiary alicyclic amines) is 1. The van der Waals surface area contributed by atoms with Crippen LogP contribution in [0, 0.1) is 0 Å². The summed E-state index contributed by atoms with van der Waals surface area (Å²) in [7, 11) is 0. The summed E-state index contributed by atoms with van der Waals surface area (Å²) in [6.07, 6.45) is 4.37. The van der Waals surface area contributed by atoms with Crippen LogP contribution in [0.15, 0.2) is 24.3 Å². The number of nitrogens with zero attached hydrogens (tertiary/aromatic N) is 1. The molecule has 1 amide bonds. The summed E-state index contributed by atoms with van der Waals surface area (Å²) in [5.74, 6) is 0.357. The summed E-state index contributed by atoms with van der Waals surface area (Å²) >= 11 is 0. The van der Waals surface area contributed by atoms with Crippen molar-refractivity contribution in [2.24, 2.45) is 5.73 Å². The highest BCUT2D eigenvalue weighted by atomic mass is 16.1. The number of nitrogens with two attached hydrogens (primary N) is 1. The Hall–Kier alpha value is -1.35. The minimum Gasteiger partial charge on any atom is -0.369 e. The van der Waals surface area contributed by atoms with E-state index in [-0.39, 0.29) is 5.91 Å². The van der Waals surface area contributed by atoms with Gasteiger partial charge in [0.05, 0.1) is 5.41 Å². The monoisotopic (exact) mass is 286 g/mol. The van der Waals surface area contributed by atoms with E-state index in [0.717, 1.165) is 37.5 Å². The van der Waals surface area contributed by atoms with Crippen molar-refractivity contribution in [3.05, 3.63) is 35.4 Å². The van der Waals surface area contributed by atoms with E-state index in [1.165, 1.54) is 18.4 Å². The second-order valence-electron chi connectivity index (χ2n) is 6.99. The summed E-state index contributed by atoms with van der Waals surface area (Å²) in [5, 5.41) is 0. The first-order valence-electron chi connectivity index (χ1n) is 8.17. The minimum atomic E-state index is -0.457. The number of piperidine rings is 1. The molecule has 1 aliphatic heterocycles. The largest absolute Gasteiger partial charge is 0.369 e. The predicted molar refractivity (Wildman–Crippen MR) is 85.2 cm³/mol. The molecule has 2 aliphatic rings. The first-order valence-corrected chi connectivity index (χ1v) is 8.17. The van der Waals surface area contributed by atoms with Gasteiger partial charge in [0, 0.05) is 6.04 Å². The Labute approximate surface area is 127 Å². The van der Waals surface area contributed by atoms with Gasteiger partial charge >= 0.3 is 0 Å². The van der Waals surface area contributed by atoms with Crippen molar-refractivity contribution in [2.75, 3.05) is 13.1 Å². The van der Waals surface area contributed by atoms with Crippen LogP contribution in [0.3, 0.4) is 0 Å². The summed E-state index contributed by atoms with van der Waals surface area (Å²) in [5.41, 5.74) is 7.77. The molecule has 114 valence electrons. The van der Waals surface area contributed by atoms with Crippen LogP contribution in [-0.4, -0.2) is 29.9 Å². The lowest BCUT2D eigenvalue weighted by Gasteiger charge is -2.40. The van der Waals surface area contributed by atoms with E-state index in [1.807, 2.05) is 0 Å². The van der Waals surface area contributed by atoms with Gasteiger partial charge in [-0.1, -0.05) is 38.1 Å². The van der Waals surface area contributed by atoms with E-state index in [9.17, 15) is 4.79 Å². The molecule has 1 heterocycles. The molecular weight excluding hydrogens is 260 g/mol. The third-order valence-electron chi connectivity index (χ3n) is 5.32. The van der Waals surface area contributed by atoms with E-state index in [2.05, 4.69) is 43.0 Å². The second-order valence-corrected chi connectivity index (χ2v) is 6.99. The Balaban J connectivity index is 1.82. The molecule has 1 aliphatic carbocycles. The van der Waals surface area contributed by atoms with Gasteiger partial charge in [0.1, 0.15) is 0 Å². The van der Waals surface area contributed by atoms with Crippen LogP contribution in [0.4, 0.5) is 0 Å². The lowest BCUT2D eigenvalue weighted by Crippen LogP contribution is -2.50. The molecule has 0 unspecified atom stereocenters. The normalized spacial score (nSPS) is 22.4. The smallest absolute Gasteiger partial charge is 0.228 e. The van der Waals surface area contributed by atoms with E-state index in [1.54, 1.807) is 0 Å². The topological polar surface area (TPSA) is 46.3 Å². The molecule has 2 fully saturated rings. The molecule has 0 spiro atoms. The number of benzene rings is 1. The summed E-state index contributed by atoms with van der Waals surface area (Å²) < 4.78 is 0. The lowest BCUT2D eigenvalue weighted by atomic mass is 9.72. The number of hydrogen-bond acceptors (Lipinski definition) is 2. The molecule has 0 bridgehead atoms. The third-order valence-corrected chi connectivity index (χ3v) is 5.32. The first-order chi connectivity index (χ1) is 10.0. The molecule has 3 nitrogen and oxygen atoms in total. The Morgan fingerprint density at radius 1 is 1.19 bits per heavy atom. The molecule has 0 atom stereocenters. The molecule has 3 heteroatoms. The molecule has 1 aromatic rings. The van der Waals surface area contributed by atoms with Crippen LogP contribution in [0.25, 0.3) is 0 Å². The fourth-order valence-corrected chi connectivity index (χ4v) is 3.57. The molecule has 3 rings (SSSR count). The molecular formula is C18H26N2O. The van der Waals surface area contributed by atoms with Crippen LogP contribution in [0.2, 0.25) is 0 Å². The first kappa shape index (κ1) is 14.6. The zero-order valence-corrected chi connectivity index (χ0v) is 13.1. The number of hydrogen-bond donors (Lipinski definition) is 1. The Morgan fingerprint density at radius 3 is 2.19 bits per heavy atom. The maximum Gasteiger partial charge on any atom is 0.228 e. The number of amides is 1. The number of rotatable bonds is 4. The van der Waals surface area contributed by atoms with Crippen molar-refractivity contribution in [3.63, 3.8) is 0 Å². The van der Waals surface area contributed by atoms with Gasteiger partial charge in [-0.2, -0.15) is 0 Å². The molecule has 21 heavy (non-hydrogen) atoms. The number of carbonyl (C=O) groups is 1. The van der Waals surface area contributed by atoms with Crippen molar-refractivity contribution in [1.29, 1.82) is 0 Å². The maximum atomic E-state index is 12.2. The van der Waals surface area contributed by atoms with Crippen molar-refractivity contribution in [3.8, 4) is 0 Å². The van der Waals surface area contributed by atoms with Crippen LogP contribution in [0.1, 0.15) is 56.6 Å². The van der Waals surface area contributed by atoms with E-state index in [0.29, 0.717) is 5.92 Å². The van der Waals surface area contributed by atoms with Gasteiger partial charge in [0.2, 0.25) is 5.91 Å². The van der Waals surface area contributed by atoms with Crippen LogP contribution < -0.4 is 5.73 Å². The highest BCUT2D eigenvalue weighted by Crippen LogP contribution is 2.39. The van der Waals surface area contributed by atoms with Crippen molar-refractivity contribution in [1.82, 2.24) is 4.90 Å². The maximum absolute atomic E-state index is 12.2. The predicted octanol–water partition coefficient (Wildman–Crippen LogP) is 2.79. The van der Waals surface area contributed by atoms with Crippen LogP contribution >= 0.6 is 0 Å². The van der Waals surface area contributed by atoms with Gasteiger partial charge in [0.25, 0.3) is 0 Å². The quantitative estimate of drug-likeness (QED) is 0.925. The van der Waals surface area contributed by atoms with E-state index in [4.69, 9.17) is 5.73 Å². The van der Waals surface area contributed by atoms with Gasteiger partial charge in [-0.25, -0.2) is 0 Å². The van der Waals surface area contributed by atoms with Gasteiger partial charge in [-0.3, -0.25) is 4.79 Å². The Bertz CT molecular complexity index is 509. The molecule has 2 N–H and O–H groups in total. The summed E-state index contributed by atoms with van der Waals surface area (Å²) in [6, 6.07) is 9.31. The SMILES string of the molecule is CC(C)c1ccc(C2(C(N)=O)CCN(C3CC3)CC2)cc1. The summed E-state index contributed by atoms with van der Waals surface area (Å²) in [4.78, 5) is 14.7. The van der Waals surface area contributed by atoms with Crippen LogP contribution in [-0.2, 0) is 10.2 Å².